The van der Waals surface area contributed by atoms with Crippen LogP contribution in [0.15, 0.2) is 235 Å². The zero-order valence-corrected chi connectivity index (χ0v) is 34.2. The first-order valence-corrected chi connectivity index (χ1v) is 21.6. The third-order valence-corrected chi connectivity index (χ3v) is 12.9. The van der Waals surface area contributed by atoms with Gasteiger partial charge in [0.15, 0.2) is 0 Å². The van der Waals surface area contributed by atoms with Gasteiger partial charge in [0, 0.05) is 54.8 Å². The van der Waals surface area contributed by atoms with E-state index in [0.29, 0.717) is 0 Å². The Bertz CT molecular complexity index is 3870. The molecule has 0 aliphatic heterocycles. The Labute approximate surface area is 363 Å². The number of fused-ring (bicyclic) bond motifs is 9. The van der Waals surface area contributed by atoms with Gasteiger partial charge in [-0.25, -0.2) is 0 Å². The van der Waals surface area contributed by atoms with Gasteiger partial charge in [-0.2, -0.15) is 0 Å². The van der Waals surface area contributed by atoms with E-state index in [9.17, 15) is 0 Å². The van der Waals surface area contributed by atoms with Crippen molar-refractivity contribution in [3.63, 3.8) is 0 Å². The van der Waals surface area contributed by atoms with Crippen molar-refractivity contribution in [3.8, 4) is 55.9 Å². The predicted molar refractivity (Wildman–Crippen MR) is 264 cm³/mol. The standard InChI is InChI=1S/C60H38N2O/c1-4-15-39(16-5-1)44-37-51(40-17-6-2-7-18-40)59-54(38-44)53-36-43(42-29-33-56-52(35-42)48-21-10-12-25-55(48)61(56)45-19-8-3-9-20-45)30-34-57(53)62(59)46-31-27-41(28-32-46)47-23-14-24-50-49-22-11-13-26-58(49)63-60(47)50/h1-38H. The first-order chi connectivity index (χ1) is 31.2. The summed E-state index contributed by atoms with van der Waals surface area (Å²) in [4.78, 5) is 0. The van der Waals surface area contributed by atoms with Crippen LogP contribution in [0.5, 0.6) is 0 Å². The summed E-state index contributed by atoms with van der Waals surface area (Å²) in [5.74, 6) is 0. The molecule has 0 saturated carbocycles. The average molecular weight is 803 g/mol. The van der Waals surface area contributed by atoms with Crippen LogP contribution < -0.4 is 0 Å². The molecule has 3 aromatic heterocycles. The normalized spacial score (nSPS) is 11.8. The highest BCUT2D eigenvalue weighted by Crippen LogP contribution is 2.44. The lowest BCUT2D eigenvalue weighted by molar-refractivity contribution is 0.670. The van der Waals surface area contributed by atoms with E-state index in [1.54, 1.807) is 0 Å². The van der Waals surface area contributed by atoms with Crippen molar-refractivity contribution < 1.29 is 4.42 Å². The number of benzene rings is 10. The third-order valence-electron chi connectivity index (χ3n) is 12.9. The van der Waals surface area contributed by atoms with Crippen LogP contribution in [0.2, 0.25) is 0 Å². The van der Waals surface area contributed by atoms with Crippen molar-refractivity contribution in [2.45, 2.75) is 0 Å². The molecule has 3 nitrogen and oxygen atoms in total. The fourth-order valence-electron chi connectivity index (χ4n) is 10.0. The van der Waals surface area contributed by atoms with Gasteiger partial charge in [0.1, 0.15) is 11.2 Å². The average Bonchev–Trinajstić information content (AvgIpc) is 4.02. The van der Waals surface area contributed by atoms with Gasteiger partial charge >= 0.3 is 0 Å². The maximum atomic E-state index is 6.48. The Morgan fingerprint density at radius 3 is 1.54 bits per heavy atom. The molecule has 294 valence electrons. The molecule has 0 saturated heterocycles. The van der Waals surface area contributed by atoms with E-state index in [1.807, 2.05) is 12.1 Å². The lowest BCUT2D eigenvalue weighted by Gasteiger charge is -2.14. The molecule has 3 heterocycles. The molecular formula is C60H38N2O. The monoisotopic (exact) mass is 802 g/mol. The number of furan rings is 1. The van der Waals surface area contributed by atoms with Gasteiger partial charge in [-0.15, -0.1) is 0 Å². The Hall–Kier alpha value is -8.40. The quantitative estimate of drug-likeness (QED) is 0.164. The van der Waals surface area contributed by atoms with Gasteiger partial charge in [-0.3, -0.25) is 0 Å². The number of rotatable bonds is 6. The molecule has 63 heavy (non-hydrogen) atoms. The lowest BCUT2D eigenvalue weighted by Crippen LogP contribution is -1.96. The van der Waals surface area contributed by atoms with Crippen molar-refractivity contribution >= 4 is 65.6 Å². The molecule has 13 aromatic rings. The Morgan fingerprint density at radius 1 is 0.270 bits per heavy atom. The first-order valence-electron chi connectivity index (χ1n) is 21.6. The van der Waals surface area contributed by atoms with Gasteiger partial charge in [0.2, 0.25) is 0 Å². The van der Waals surface area contributed by atoms with E-state index < -0.39 is 0 Å². The molecule has 10 aromatic carbocycles. The number of hydrogen-bond donors (Lipinski definition) is 0. The topological polar surface area (TPSA) is 23.0 Å². The highest BCUT2D eigenvalue weighted by molar-refractivity contribution is 6.17. The highest BCUT2D eigenvalue weighted by Gasteiger charge is 2.21. The molecule has 0 N–H and O–H groups in total. The second kappa shape index (κ2) is 14.1. The fourth-order valence-corrected chi connectivity index (χ4v) is 10.0. The summed E-state index contributed by atoms with van der Waals surface area (Å²) in [6.45, 7) is 0. The van der Waals surface area contributed by atoms with Crippen LogP contribution in [0.3, 0.4) is 0 Å². The third kappa shape index (κ3) is 5.60. The molecule has 0 fully saturated rings. The summed E-state index contributed by atoms with van der Waals surface area (Å²) in [7, 11) is 0. The van der Waals surface area contributed by atoms with Crippen LogP contribution in [-0.2, 0) is 0 Å². The molecule has 0 aliphatic carbocycles. The minimum atomic E-state index is 0.906. The van der Waals surface area contributed by atoms with E-state index in [2.05, 4.69) is 228 Å². The highest BCUT2D eigenvalue weighted by atomic mass is 16.3. The number of nitrogens with zero attached hydrogens (tertiary/aromatic N) is 2. The second-order valence-electron chi connectivity index (χ2n) is 16.5. The predicted octanol–water partition coefficient (Wildman–Crippen LogP) is 16.4. The van der Waals surface area contributed by atoms with Crippen LogP contribution in [0, 0.1) is 0 Å². The van der Waals surface area contributed by atoms with Crippen molar-refractivity contribution in [1.82, 2.24) is 9.13 Å². The van der Waals surface area contributed by atoms with E-state index in [1.165, 1.54) is 71.5 Å². The van der Waals surface area contributed by atoms with Crippen LogP contribution in [0.25, 0.3) is 121 Å². The Kier molecular flexibility index (Phi) is 7.91. The lowest BCUT2D eigenvalue weighted by atomic mass is 9.95. The minimum Gasteiger partial charge on any atom is -0.455 e. The number of hydrogen-bond acceptors (Lipinski definition) is 1. The van der Waals surface area contributed by atoms with Crippen LogP contribution in [0.1, 0.15) is 0 Å². The maximum Gasteiger partial charge on any atom is 0.143 e. The van der Waals surface area contributed by atoms with Gasteiger partial charge in [-0.1, -0.05) is 158 Å². The summed E-state index contributed by atoms with van der Waals surface area (Å²) < 4.78 is 11.3. The van der Waals surface area contributed by atoms with Crippen molar-refractivity contribution in [2.24, 2.45) is 0 Å². The summed E-state index contributed by atoms with van der Waals surface area (Å²) in [5.41, 5.74) is 18.1. The van der Waals surface area contributed by atoms with Crippen molar-refractivity contribution in [3.05, 3.63) is 231 Å². The molecule has 3 heteroatoms. The van der Waals surface area contributed by atoms with Crippen LogP contribution in [0.4, 0.5) is 0 Å². The minimum absolute atomic E-state index is 0.906. The molecule has 13 rings (SSSR count). The molecule has 0 bridgehead atoms. The van der Waals surface area contributed by atoms with Gasteiger partial charge < -0.3 is 13.6 Å². The zero-order chi connectivity index (χ0) is 41.4. The van der Waals surface area contributed by atoms with Gasteiger partial charge in [-0.05, 0) is 106 Å². The molecular weight excluding hydrogens is 765 g/mol. The Morgan fingerprint density at radius 2 is 0.794 bits per heavy atom. The van der Waals surface area contributed by atoms with Crippen molar-refractivity contribution in [1.29, 1.82) is 0 Å². The van der Waals surface area contributed by atoms with Gasteiger partial charge in [0.25, 0.3) is 0 Å². The molecule has 0 aliphatic rings. The van der Waals surface area contributed by atoms with Crippen LogP contribution in [-0.4, -0.2) is 9.13 Å². The summed E-state index contributed by atoms with van der Waals surface area (Å²) in [6.07, 6.45) is 0. The van der Waals surface area contributed by atoms with E-state index in [4.69, 9.17) is 4.42 Å². The summed E-state index contributed by atoms with van der Waals surface area (Å²) >= 11 is 0. The maximum absolute atomic E-state index is 6.48. The smallest absolute Gasteiger partial charge is 0.143 e. The summed E-state index contributed by atoms with van der Waals surface area (Å²) in [6, 6.07) is 83.5. The fraction of sp³-hybridized carbons (Fsp3) is 0. The molecule has 0 atom stereocenters. The number of para-hydroxylation sites is 4. The van der Waals surface area contributed by atoms with E-state index in [-0.39, 0.29) is 0 Å². The summed E-state index contributed by atoms with van der Waals surface area (Å²) in [5, 5.41) is 7.18. The van der Waals surface area contributed by atoms with E-state index >= 15 is 0 Å². The first kappa shape index (κ1) is 35.4. The SMILES string of the molecule is c1ccc(-c2cc(-c3ccccc3)c3c(c2)c2cc(-c4ccc5c(c4)c4ccccc4n5-c4ccccc4)ccc2n3-c2ccc(-c3cccc4c3oc3ccccc34)cc2)cc1. The molecule has 0 unspecified atom stereocenters. The van der Waals surface area contributed by atoms with Gasteiger partial charge in [0.05, 0.1) is 22.1 Å². The largest absolute Gasteiger partial charge is 0.455 e. The zero-order valence-electron chi connectivity index (χ0n) is 34.2. The van der Waals surface area contributed by atoms with Crippen molar-refractivity contribution in [2.75, 3.05) is 0 Å². The Balaban J connectivity index is 1.04. The number of aromatic nitrogens is 2. The van der Waals surface area contributed by atoms with E-state index in [0.717, 1.165) is 50.0 Å². The second-order valence-corrected chi connectivity index (χ2v) is 16.5. The molecule has 0 spiro atoms. The molecule has 0 radical (unpaired) electrons. The molecule has 0 amide bonds. The van der Waals surface area contributed by atoms with Crippen LogP contribution >= 0.6 is 0 Å².